The predicted molar refractivity (Wildman–Crippen MR) is 104 cm³/mol. The van der Waals surface area contributed by atoms with Crippen molar-refractivity contribution >= 4 is 23.3 Å². The van der Waals surface area contributed by atoms with Crippen molar-refractivity contribution in [1.82, 2.24) is 4.90 Å². The van der Waals surface area contributed by atoms with Crippen LogP contribution in [0.25, 0.3) is 0 Å². The van der Waals surface area contributed by atoms with Crippen LogP contribution in [-0.4, -0.2) is 42.2 Å². The summed E-state index contributed by atoms with van der Waals surface area (Å²) in [6.07, 6.45) is 0. The Morgan fingerprint density at radius 3 is 2.25 bits per heavy atom. The van der Waals surface area contributed by atoms with Gasteiger partial charge in [-0.15, -0.1) is 0 Å². The van der Waals surface area contributed by atoms with Crippen LogP contribution in [-0.2, 0) is 4.79 Å². The molecule has 0 atom stereocenters. The van der Waals surface area contributed by atoms with Crippen LogP contribution in [0.5, 0.6) is 5.75 Å². The zero-order valence-corrected chi connectivity index (χ0v) is 16.1. The van der Waals surface area contributed by atoms with Crippen LogP contribution < -0.4 is 10.1 Å². The summed E-state index contributed by atoms with van der Waals surface area (Å²) < 4.78 is 18.6. The number of carbonyl (C=O) groups is 3. The highest BCUT2D eigenvalue weighted by atomic mass is 19.1. The maximum atomic E-state index is 13.3. The average Bonchev–Trinajstić information content (AvgIpc) is 2.68. The molecule has 0 spiro atoms. The van der Waals surface area contributed by atoms with E-state index in [0.717, 1.165) is 12.1 Å². The van der Waals surface area contributed by atoms with Crippen molar-refractivity contribution < 1.29 is 23.5 Å². The molecule has 0 fully saturated rings. The number of benzene rings is 2. The molecule has 28 heavy (non-hydrogen) atoms. The van der Waals surface area contributed by atoms with Crippen molar-refractivity contribution in [1.29, 1.82) is 0 Å². The van der Waals surface area contributed by atoms with E-state index in [0.29, 0.717) is 24.3 Å². The van der Waals surface area contributed by atoms with Crippen molar-refractivity contribution in [2.45, 2.75) is 20.8 Å². The number of nitrogens with zero attached hydrogens (tertiary/aromatic N) is 1. The van der Waals surface area contributed by atoms with E-state index >= 15 is 0 Å². The molecule has 0 aliphatic carbocycles. The van der Waals surface area contributed by atoms with Gasteiger partial charge in [-0.3, -0.25) is 14.4 Å². The second kappa shape index (κ2) is 9.64. The second-order valence-corrected chi connectivity index (χ2v) is 6.09. The van der Waals surface area contributed by atoms with Gasteiger partial charge in [0, 0.05) is 24.3 Å². The second-order valence-electron chi connectivity index (χ2n) is 6.09. The fraction of sp³-hybridized carbons (Fsp3) is 0.286. The number of amides is 2. The largest absolute Gasteiger partial charge is 0.483 e. The van der Waals surface area contributed by atoms with Crippen LogP contribution in [0.15, 0.2) is 42.5 Å². The Hall–Kier alpha value is -3.22. The van der Waals surface area contributed by atoms with E-state index in [1.807, 2.05) is 13.8 Å². The van der Waals surface area contributed by atoms with Crippen molar-refractivity contribution in [3.05, 3.63) is 59.4 Å². The molecule has 2 aromatic rings. The summed E-state index contributed by atoms with van der Waals surface area (Å²) in [7, 11) is 0. The van der Waals surface area contributed by atoms with Crippen LogP contribution in [0.3, 0.4) is 0 Å². The Morgan fingerprint density at radius 2 is 1.68 bits per heavy atom. The molecular weight excluding hydrogens is 363 g/mol. The molecule has 0 radical (unpaired) electrons. The van der Waals surface area contributed by atoms with Crippen LogP contribution in [0.1, 0.15) is 41.5 Å². The number of hydrogen-bond donors (Lipinski definition) is 1. The maximum Gasteiger partial charge on any atom is 0.262 e. The standard InChI is InChI=1S/C21H23FN2O4/c1-4-24(5-2)21(27)15-6-9-17(10-7-15)23-20(26)13-28-19-11-8-16(22)12-18(19)14(3)25/h6-12H,4-5,13H2,1-3H3,(H,23,26). The molecule has 0 saturated heterocycles. The fourth-order valence-corrected chi connectivity index (χ4v) is 2.63. The molecule has 148 valence electrons. The lowest BCUT2D eigenvalue weighted by Crippen LogP contribution is -2.30. The molecular formula is C21H23FN2O4. The van der Waals surface area contributed by atoms with Crippen LogP contribution in [0.2, 0.25) is 0 Å². The third kappa shape index (κ3) is 5.39. The zero-order chi connectivity index (χ0) is 20.7. The number of carbonyl (C=O) groups excluding carboxylic acids is 3. The number of hydrogen-bond acceptors (Lipinski definition) is 4. The number of halogens is 1. The fourth-order valence-electron chi connectivity index (χ4n) is 2.63. The highest BCUT2D eigenvalue weighted by Crippen LogP contribution is 2.20. The third-order valence-electron chi connectivity index (χ3n) is 4.15. The van der Waals surface area contributed by atoms with E-state index < -0.39 is 11.7 Å². The van der Waals surface area contributed by atoms with Gasteiger partial charge < -0.3 is 15.0 Å². The highest BCUT2D eigenvalue weighted by Gasteiger charge is 2.14. The molecule has 7 heteroatoms. The summed E-state index contributed by atoms with van der Waals surface area (Å²) in [6.45, 7) is 6.02. The van der Waals surface area contributed by atoms with E-state index in [2.05, 4.69) is 5.32 Å². The quantitative estimate of drug-likeness (QED) is 0.704. The Labute approximate surface area is 163 Å². The molecule has 6 nitrogen and oxygen atoms in total. The number of rotatable bonds is 8. The van der Waals surface area contributed by atoms with E-state index in [1.165, 1.54) is 13.0 Å². The first-order valence-corrected chi connectivity index (χ1v) is 8.98. The van der Waals surface area contributed by atoms with Gasteiger partial charge in [-0.05, 0) is 63.2 Å². The normalized spacial score (nSPS) is 10.3. The number of ether oxygens (including phenoxy) is 1. The number of Topliss-reactive ketones (excluding diaryl/α,β-unsaturated/α-hetero) is 1. The van der Waals surface area contributed by atoms with Crippen molar-refractivity contribution in [2.24, 2.45) is 0 Å². The van der Waals surface area contributed by atoms with Gasteiger partial charge in [0.15, 0.2) is 12.4 Å². The first kappa shape index (κ1) is 21.1. The summed E-state index contributed by atoms with van der Waals surface area (Å²) in [4.78, 5) is 37.6. The van der Waals surface area contributed by atoms with Gasteiger partial charge >= 0.3 is 0 Å². The maximum absolute atomic E-state index is 13.3. The zero-order valence-electron chi connectivity index (χ0n) is 16.1. The minimum Gasteiger partial charge on any atom is -0.483 e. The smallest absolute Gasteiger partial charge is 0.262 e. The first-order chi connectivity index (χ1) is 13.3. The van der Waals surface area contributed by atoms with Gasteiger partial charge in [0.1, 0.15) is 11.6 Å². The Balaban J connectivity index is 1.97. The molecule has 2 amide bonds. The Kier molecular flexibility index (Phi) is 7.26. The average molecular weight is 386 g/mol. The first-order valence-electron chi connectivity index (χ1n) is 8.98. The van der Waals surface area contributed by atoms with Gasteiger partial charge in [-0.25, -0.2) is 4.39 Å². The molecule has 2 aromatic carbocycles. The van der Waals surface area contributed by atoms with Gasteiger partial charge in [0.2, 0.25) is 0 Å². The third-order valence-corrected chi connectivity index (χ3v) is 4.15. The molecule has 1 N–H and O–H groups in total. The number of ketones is 1. The van der Waals surface area contributed by atoms with E-state index in [-0.39, 0.29) is 29.6 Å². The predicted octanol–water partition coefficient (Wildman–Crippen LogP) is 3.53. The minimum atomic E-state index is -0.554. The van der Waals surface area contributed by atoms with Crippen molar-refractivity contribution in [3.8, 4) is 5.75 Å². The van der Waals surface area contributed by atoms with Gasteiger partial charge in [-0.1, -0.05) is 0 Å². The molecule has 2 rings (SSSR count). The number of anilines is 1. The molecule has 0 aromatic heterocycles. The van der Waals surface area contributed by atoms with E-state index in [4.69, 9.17) is 4.74 Å². The molecule has 0 heterocycles. The van der Waals surface area contributed by atoms with Gasteiger partial charge in [-0.2, -0.15) is 0 Å². The van der Waals surface area contributed by atoms with Crippen molar-refractivity contribution in [3.63, 3.8) is 0 Å². The lowest BCUT2D eigenvalue weighted by molar-refractivity contribution is -0.118. The monoisotopic (exact) mass is 386 g/mol. The van der Waals surface area contributed by atoms with Crippen LogP contribution >= 0.6 is 0 Å². The number of nitrogens with one attached hydrogen (secondary N) is 1. The van der Waals surface area contributed by atoms with Gasteiger partial charge in [0.25, 0.3) is 11.8 Å². The van der Waals surface area contributed by atoms with Crippen LogP contribution in [0, 0.1) is 5.82 Å². The topological polar surface area (TPSA) is 75.7 Å². The molecule has 0 aliphatic heterocycles. The summed E-state index contributed by atoms with van der Waals surface area (Å²) in [5.74, 6) is -1.28. The molecule has 0 bridgehead atoms. The summed E-state index contributed by atoms with van der Waals surface area (Å²) in [5.41, 5.74) is 1.12. The van der Waals surface area contributed by atoms with E-state index in [9.17, 15) is 18.8 Å². The summed E-state index contributed by atoms with van der Waals surface area (Å²) in [5, 5.41) is 2.65. The molecule has 0 saturated carbocycles. The van der Waals surface area contributed by atoms with Crippen LogP contribution in [0.4, 0.5) is 10.1 Å². The molecule has 0 unspecified atom stereocenters. The molecule has 0 aliphatic rings. The Bertz CT molecular complexity index is 861. The van der Waals surface area contributed by atoms with E-state index in [1.54, 1.807) is 29.2 Å². The SMILES string of the molecule is CCN(CC)C(=O)c1ccc(NC(=O)COc2ccc(F)cc2C(C)=O)cc1. The minimum absolute atomic E-state index is 0.0701. The summed E-state index contributed by atoms with van der Waals surface area (Å²) in [6, 6.07) is 10.1. The lowest BCUT2D eigenvalue weighted by atomic mass is 10.1. The Morgan fingerprint density at radius 1 is 1.04 bits per heavy atom. The van der Waals surface area contributed by atoms with Crippen molar-refractivity contribution in [2.75, 3.05) is 25.0 Å². The highest BCUT2D eigenvalue weighted by molar-refractivity contribution is 5.97. The lowest BCUT2D eigenvalue weighted by Gasteiger charge is -2.18. The van der Waals surface area contributed by atoms with Gasteiger partial charge in [0.05, 0.1) is 5.56 Å². The summed E-state index contributed by atoms with van der Waals surface area (Å²) >= 11 is 0.